The van der Waals surface area contributed by atoms with Gasteiger partial charge in [-0.1, -0.05) is 42.8 Å². The molecule has 6 heteroatoms. The highest BCUT2D eigenvalue weighted by molar-refractivity contribution is 7.87. The van der Waals surface area contributed by atoms with E-state index in [9.17, 15) is 8.42 Å². The number of aromatic nitrogens is 1. The summed E-state index contributed by atoms with van der Waals surface area (Å²) in [6.45, 7) is 2.54. The van der Waals surface area contributed by atoms with Crippen LogP contribution in [0.4, 0.5) is 0 Å². The molecule has 1 aliphatic heterocycles. The average Bonchev–Trinajstić information content (AvgIpc) is 2.61. The van der Waals surface area contributed by atoms with Crippen LogP contribution in [0, 0.1) is 0 Å². The SMILES string of the molecule is C[C@H]1CCCCN1S(=O)(=O)N[C@H](c1ccccc1)c1ccccn1. The van der Waals surface area contributed by atoms with E-state index in [-0.39, 0.29) is 6.04 Å². The van der Waals surface area contributed by atoms with E-state index < -0.39 is 16.3 Å². The molecule has 1 aromatic carbocycles. The predicted molar refractivity (Wildman–Crippen MR) is 94.6 cm³/mol. The van der Waals surface area contributed by atoms with E-state index in [0.717, 1.165) is 24.8 Å². The van der Waals surface area contributed by atoms with E-state index in [1.165, 1.54) is 0 Å². The average molecular weight is 345 g/mol. The van der Waals surface area contributed by atoms with Crippen molar-refractivity contribution in [3.8, 4) is 0 Å². The van der Waals surface area contributed by atoms with E-state index in [1.54, 1.807) is 10.5 Å². The fourth-order valence-corrected chi connectivity index (χ4v) is 4.78. The van der Waals surface area contributed by atoms with Crippen LogP contribution in [0.15, 0.2) is 54.7 Å². The largest absolute Gasteiger partial charge is 0.280 e. The number of pyridine rings is 1. The Bertz CT molecular complexity index is 711. The third kappa shape index (κ3) is 3.83. The zero-order valence-electron chi connectivity index (χ0n) is 13.8. The molecule has 0 spiro atoms. The lowest BCUT2D eigenvalue weighted by atomic mass is 10.0. The van der Waals surface area contributed by atoms with E-state index in [1.807, 2.05) is 55.5 Å². The van der Waals surface area contributed by atoms with Gasteiger partial charge in [0.2, 0.25) is 0 Å². The summed E-state index contributed by atoms with van der Waals surface area (Å²) in [4.78, 5) is 4.36. The summed E-state index contributed by atoms with van der Waals surface area (Å²) >= 11 is 0. The van der Waals surface area contributed by atoms with Crippen LogP contribution in [0.1, 0.15) is 43.5 Å². The van der Waals surface area contributed by atoms with Crippen molar-refractivity contribution in [2.75, 3.05) is 6.54 Å². The molecule has 1 saturated heterocycles. The van der Waals surface area contributed by atoms with Crippen LogP contribution < -0.4 is 4.72 Å². The first kappa shape index (κ1) is 17.1. The van der Waals surface area contributed by atoms with Gasteiger partial charge in [-0.15, -0.1) is 0 Å². The molecule has 2 aromatic rings. The van der Waals surface area contributed by atoms with Crippen molar-refractivity contribution in [2.45, 2.75) is 38.3 Å². The fourth-order valence-electron chi connectivity index (χ4n) is 3.14. The second-order valence-corrected chi connectivity index (χ2v) is 7.83. The normalized spacial score (nSPS) is 20.6. The fraction of sp³-hybridized carbons (Fsp3) is 0.389. The molecule has 1 aliphatic rings. The maximum Gasteiger partial charge on any atom is 0.280 e. The maximum absolute atomic E-state index is 12.9. The molecular formula is C18H23N3O2S. The molecule has 3 rings (SSSR count). The van der Waals surface area contributed by atoms with Gasteiger partial charge in [0.1, 0.15) is 0 Å². The third-order valence-electron chi connectivity index (χ3n) is 4.43. The Hall–Kier alpha value is -1.76. The molecule has 128 valence electrons. The van der Waals surface area contributed by atoms with Gasteiger partial charge in [-0.25, -0.2) is 0 Å². The molecule has 5 nitrogen and oxygen atoms in total. The maximum atomic E-state index is 12.9. The van der Waals surface area contributed by atoms with Crippen molar-refractivity contribution in [1.82, 2.24) is 14.0 Å². The Kier molecular flexibility index (Phi) is 5.28. The molecule has 1 fully saturated rings. The zero-order chi connectivity index (χ0) is 17.0. The highest BCUT2D eigenvalue weighted by atomic mass is 32.2. The highest BCUT2D eigenvalue weighted by Gasteiger charge is 2.32. The van der Waals surface area contributed by atoms with Crippen molar-refractivity contribution in [3.05, 3.63) is 66.0 Å². The topological polar surface area (TPSA) is 62.3 Å². The summed E-state index contributed by atoms with van der Waals surface area (Å²) in [7, 11) is -3.58. The zero-order valence-corrected chi connectivity index (χ0v) is 14.6. The number of hydrogen-bond donors (Lipinski definition) is 1. The van der Waals surface area contributed by atoms with Gasteiger partial charge < -0.3 is 0 Å². The van der Waals surface area contributed by atoms with Crippen LogP contribution in [-0.2, 0) is 10.2 Å². The minimum atomic E-state index is -3.58. The molecule has 1 N–H and O–H groups in total. The molecule has 2 atom stereocenters. The van der Waals surface area contributed by atoms with E-state index >= 15 is 0 Å². The van der Waals surface area contributed by atoms with E-state index in [2.05, 4.69) is 9.71 Å². The predicted octanol–water partition coefficient (Wildman–Crippen LogP) is 2.88. The summed E-state index contributed by atoms with van der Waals surface area (Å²) in [5.74, 6) is 0. The molecule has 0 unspecified atom stereocenters. The number of piperidine rings is 1. The molecule has 0 bridgehead atoms. The van der Waals surface area contributed by atoms with Gasteiger partial charge >= 0.3 is 0 Å². The summed E-state index contributed by atoms with van der Waals surface area (Å²) in [5, 5.41) is 0. The van der Waals surface area contributed by atoms with Gasteiger partial charge in [-0.05, 0) is 37.5 Å². The third-order valence-corrected chi connectivity index (χ3v) is 6.13. The van der Waals surface area contributed by atoms with Crippen LogP contribution in [0.2, 0.25) is 0 Å². The quantitative estimate of drug-likeness (QED) is 0.906. The van der Waals surface area contributed by atoms with Crippen molar-refractivity contribution in [1.29, 1.82) is 0 Å². The molecule has 0 aliphatic carbocycles. The van der Waals surface area contributed by atoms with Crippen LogP contribution in [0.3, 0.4) is 0 Å². The number of hydrogen-bond acceptors (Lipinski definition) is 3. The Morgan fingerprint density at radius 3 is 2.54 bits per heavy atom. The van der Waals surface area contributed by atoms with Gasteiger partial charge in [0.25, 0.3) is 10.2 Å². The minimum Gasteiger partial charge on any atom is -0.259 e. The van der Waals surface area contributed by atoms with E-state index in [4.69, 9.17) is 0 Å². The number of nitrogens with one attached hydrogen (secondary N) is 1. The Labute approximate surface area is 143 Å². The number of benzene rings is 1. The van der Waals surface area contributed by atoms with Crippen LogP contribution in [0.5, 0.6) is 0 Å². The standard InChI is InChI=1S/C18H23N3O2S/c1-15-9-6-8-14-21(15)24(22,23)20-18(16-10-3-2-4-11-16)17-12-5-7-13-19-17/h2-5,7,10-13,15,18,20H,6,8-9,14H2,1H3/t15-,18+/m0/s1. The second kappa shape index (κ2) is 7.42. The first-order chi connectivity index (χ1) is 11.6. The van der Waals surface area contributed by atoms with Gasteiger partial charge in [0.15, 0.2) is 0 Å². The molecule has 0 saturated carbocycles. The first-order valence-corrected chi connectivity index (χ1v) is 9.77. The smallest absolute Gasteiger partial charge is 0.259 e. The minimum absolute atomic E-state index is 0.0244. The van der Waals surface area contributed by atoms with Crippen molar-refractivity contribution < 1.29 is 8.42 Å². The molecule has 0 radical (unpaired) electrons. The Balaban J connectivity index is 1.92. The highest BCUT2D eigenvalue weighted by Crippen LogP contribution is 2.24. The monoisotopic (exact) mass is 345 g/mol. The number of nitrogens with zero attached hydrogens (tertiary/aromatic N) is 2. The molecule has 2 heterocycles. The van der Waals surface area contributed by atoms with Crippen LogP contribution in [-0.4, -0.2) is 30.3 Å². The summed E-state index contributed by atoms with van der Waals surface area (Å²) in [6, 6.07) is 14.6. The summed E-state index contributed by atoms with van der Waals surface area (Å²) in [5.41, 5.74) is 1.57. The molecule has 0 amide bonds. The van der Waals surface area contributed by atoms with Crippen LogP contribution >= 0.6 is 0 Å². The lowest BCUT2D eigenvalue weighted by Gasteiger charge is -2.33. The van der Waals surface area contributed by atoms with Crippen molar-refractivity contribution in [2.24, 2.45) is 0 Å². The summed E-state index contributed by atoms with van der Waals surface area (Å²) in [6.07, 6.45) is 4.57. The second-order valence-electron chi connectivity index (χ2n) is 6.18. The van der Waals surface area contributed by atoms with Crippen molar-refractivity contribution in [3.63, 3.8) is 0 Å². The summed E-state index contributed by atoms with van der Waals surface area (Å²) < 4.78 is 30.3. The first-order valence-electron chi connectivity index (χ1n) is 8.33. The number of rotatable bonds is 5. The van der Waals surface area contributed by atoms with Gasteiger partial charge in [-0.3, -0.25) is 4.98 Å². The Morgan fingerprint density at radius 1 is 1.12 bits per heavy atom. The molecular weight excluding hydrogens is 322 g/mol. The lowest BCUT2D eigenvalue weighted by molar-refractivity contribution is 0.264. The van der Waals surface area contributed by atoms with Gasteiger partial charge in [0.05, 0.1) is 11.7 Å². The van der Waals surface area contributed by atoms with Crippen molar-refractivity contribution >= 4 is 10.2 Å². The van der Waals surface area contributed by atoms with E-state index in [0.29, 0.717) is 12.2 Å². The molecule has 1 aromatic heterocycles. The molecule has 24 heavy (non-hydrogen) atoms. The van der Waals surface area contributed by atoms with Gasteiger partial charge in [0, 0.05) is 18.8 Å². The lowest BCUT2D eigenvalue weighted by Crippen LogP contribution is -2.49. The van der Waals surface area contributed by atoms with Crippen LogP contribution in [0.25, 0.3) is 0 Å². The van der Waals surface area contributed by atoms with Gasteiger partial charge in [-0.2, -0.15) is 17.4 Å². The Morgan fingerprint density at radius 2 is 1.88 bits per heavy atom.